The lowest BCUT2D eigenvalue weighted by molar-refractivity contribution is -0.384. The van der Waals surface area contributed by atoms with Gasteiger partial charge in [0.15, 0.2) is 5.11 Å². The lowest BCUT2D eigenvalue weighted by Crippen LogP contribution is -2.34. The number of rotatable bonds is 5. The van der Waals surface area contributed by atoms with Gasteiger partial charge in [0.2, 0.25) is 0 Å². The van der Waals surface area contributed by atoms with E-state index in [1.807, 2.05) is 4.90 Å². The van der Waals surface area contributed by atoms with Crippen molar-refractivity contribution in [3.05, 3.63) is 49.9 Å². The maximum absolute atomic E-state index is 12.7. The van der Waals surface area contributed by atoms with Crippen LogP contribution in [0.2, 0.25) is 0 Å². The van der Waals surface area contributed by atoms with Crippen LogP contribution in [0.25, 0.3) is 0 Å². The van der Waals surface area contributed by atoms with Gasteiger partial charge in [-0.15, -0.1) is 11.3 Å². The van der Waals surface area contributed by atoms with Crippen LogP contribution in [0.3, 0.4) is 0 Å². The SMILES string of the molecule is NC(=O)c1c(NC(=S)NC(=O)c2ccc(N3CCCC3)c([N+](=O)[O-])c2)sc2c1CCCC2. The molecule has 1 aliphatic heterocycles. The Hall–Kier alpha value is -3.05. The van der Waals surface area contributed by atoms with Crippen molar-refractivity contribution in [2.75, 3.05) is 23.3 Å². The number of amides is 2. The van der Waals surface area contributed by atoms with Gasteiger partial charge in [0.1, 0.15) is 10.7 Å². The van der Waals surface area contributed by atoms with Gasteiger partial charge in [0.25, 0.3) is 17.5 Å². The lowest BCUT2D eigenvalue weighted by atomic mass is 9.95. The van der Waals surface area contributed by atoms with Crippen molar-refractivity contribution in [1.82, 2.24) is 5.32 Å². The molecule has 4 N–H and O–H groups in total. The van der Waals surface area contributed by atoms with Crippen LogP contribution >= 0.6 is 23.6 Å². The minimum atomic E-state index is -0.569. The van der Waals surface area contributed by atoms with Crippen LogP contribution in [0.15, 0.2) is 18.2 Å². The Bertz CT molecular complexity index is 1110. The highest BCUT2D eigenvalue weighted by Crippen LogP contribution is 2.38. The summed E-state index contributed by atoms with van der Waals surface area (Å²) in [6, 6.07) is 4.43. The number of nitro benzene ring substituents is 1. The molecule has 0 unspecified atom stereocenters. The topological polar surface area (TPSA) is 131 Å². The van der Waals surface area contributed by atoms with Gasteiger partial charge in [-0.2, -0.15) is 0 Å². The first kappa shape index (κ1) is 22.2. The first-order valence-corrected chi connectivity index (χ1v) is 11.7. The maximum atomic E-state index is 12.7. The van der Waals surface area contributed by atoms with Crippen LogP contribution in [0.1, 0.15) is 56.8 Å². The number of hydrogen-bond acceptors (Lipinski definition) is 7. The van der Waals surface area contributed by atoms with Gasteiger partial charge in [-0.1, -0.05) is 0 Å². The van der Waals surface area contributed by atoms with Gasteiger partial charge in [-0.3, -0.25) is 25.0 Å². The first-order valence-electron chi connectivity index (χ1n) is 10.4. The normalized spacial score (nSPS) is 15.2. The number of carbonyl (C=O) groups is 2. The number of carbonyl (C=O) groups excluding carboxylic acids is 2. The summed E-state index contributed by atoms with van der Waals surface area (Å²) in [7, 11) is 0. The van der Waals surface area contributed by atoms with Crippen LogP contribution in [0.5, 0.6) is 0 Å². The Morgan fingerprint density at radius 2 is 1.88 bits per heavy atom. The number of thiocarbonyl (C=S) groups is 1. The summed E-state index contributed by atoms with van der Waals surface area (Å²) in [5, 5.41) is 17.6. The number of nitro groups is 1. The second-order valence-corrected chi connectivity index (χ2v) is 9.36. The van der Waals surface area contributed by atoms with E-state index in [0.29, 0.717) is 16.3 Å². The van der Waals surface area contributed by atoms with E-state index in [4.69, 9.17) is 18.0 Å². The van der Waals surface area contributed by atoms with Crippen molar-refractivity contribution in [3.63, 3.8) is 0 Å². The highest BCUT2D eigenvalue weighted by molar-refractivity contribution is 7.80. The number of thiophene rings is 1. The molecule has 2 heterocycles. The van der Waals surface area contributed by atoms with Crippen molar-refractivity contribution >= 4 is 56.9 Å². The fourth-order valence-electron chi connectivity index (χ4n) is 4.26. The van der Waals surface area contributed by atoms with Gasteiger partial charge in [-0.25, -0.2) is 0 Å². The molecule has 0 spiro atoms. The van der Waals surface area contributed by atoms with Crippen LogP contribution in [-0.4, -0.2) is 34.9 Å². The number of nitrogens with zero attached hydrogens (tertiary/aromatic N) is 2. The second-order valence-electron chi connectivity index (χ2n) is 7.84. The zero-order valence-electron chi connectivity index (χ0n) is 17.3. The summed E-state index contributed by atoms with van der Waals surface area (Å²) in [6.45, 7) is 1.51. The Balaban J connectivity index is 1.50. The van der Waals surface area contributed by atoms with Crippen molar-refractivity contribution in [3.8, 4) is 0 Å². The molecule has 1 aromatic carbocycles. The molecule has 2 amide bonds. The van der Waals surface area contributed by atoms with Crippen LogP contribution in [0.4, 0.5) is 16.4 Å². The van der Waals surface area contributed by atoms with E-state index in [0.717, 1.165) is 62.1 Å². The summed E-state index contributed by atoms with van der Waals surface area (Å²) in [4.78, 5) is 38.9. The zero-order chi connectivity index (χ0) is 22.8. The summed E-state index contributed by atoms with van der Waals surface area (Å²) in [6.07, 6.45) is 5.69. The van der Waals surface area contributed by atoms with Gasteiger partial charge in [-0.05, 0) is 68.4 Å². The van der Waals surface area contributed by atoms with Gasteiger partial charge in [0, 0.05) is 29.6 Å². The number of nitrogens with two attached hydrogens (primary N) is 1. The monoisotopic (exact) mass is 473 g/mol. The summed E-state index contributed by atoms with van der Waals surface area (Å²) < 4.78 is 0. The minimum absolute atomic E-state index is 0.00219. The molecule has 11 heteroatoms. The third-order valence-electron chi connectivity index (χ3n) is 5.75. The Kier molecular flexibility index (Phi) is 6.38. The molecule has 9 nitrogen and oxygen atoms in total. The van der Waals surface area contributed by atoms with Gasteiger partial charge in [0.05, 0.1) is 10.5 Å². The number of benzene rings is 1. The molecule has 0 saturated carbocycles. The maximum Gasteiger partial charge on any atom is 0.293 e. The predicted octanol–water partition coefficient (Wildman–Crippen LogP) is 3.36. The predicted molar refractivity (Wildman–Crippen MR) is 128 cm³/mol. The quantitative estimate of drug-likeness (QED) is 0.345. The number of fused-ring (bicyclic) bond motifs is 1. The molecule has 0 radical (unpaired) electrons. The average molecular weight is 474 g/mol. The van der Waals surface area contributed by atoms with Crippen molar-refractivity contribution in [1.29, 1.82) is 0 Å². The van der Waals surface area contributed by atoms with Gasteiger partial charge < -0.3 is 16.0 Å². The number of nitrogens with one attached hydrogen (secondary N) is 2. The van der Waals surface area contributed by atoms with Crippen LogP contribution in [0, 0.1) is 10.1 Å². The third-order valence-corrected chi connectivity index (χ3v) is 7.16. The van der Waals surface area contributed by atoms with E-state index in [9.17, 15) is 19.7 Å². The number of hydrogen-bond donors (Lipinski definition) is 3. The highest BCUT2D eigenvalue weighted by Gasteiger charge is 2.26. The Labute approximate surface area is 194 Å². The molecule has 1 aliphatic carbocycles. The van der Waals surface area contributed by atoms with Crippen molar-refractivity contribution in [2.24, 2.45) is 5.73 Å². The molecule has 2 aromatic rings. The van der Waals surface area contributed by atoms with E-state index in [1.54, 1.807) is 12.1 Å². The molecule has 2 aliphatic rings. The van der Waals surface area contributed by atoms with Crippen molar-refractivity contribution < 1.29 is 14.5 Å². The summed E-state index contributed by atoms with van der Waals surface area (Å²) in [5.41, 5.74) is 7.50. The van der Waals surface area contributed by atoms with Crippen LogP contribution < -0.4 is 21.3 Å². The van der Waals surface area contributed by atoms with Crippen molar-refractivity contribution in [2.45, 2.75) is 38.5 Å². The molecule has 1 fully saturated rings. The number of anilines is 2. The third kappa shape index (κ3) is 4.44. The van der Waals surface area contributed by atoms with E-state index < -0.39 is 16.7 Å². The molecule has 1 aromatic heterocycles. The van der Waals surface area contributed by atoms with E-state index in [-0.39, 0.29) is 16.4 Å². The molecule has 0 atom stereocenters. The zero-order valence-corrected chi connectivity index (χ0v) is 18.9. The summed E-state index contributed by atoms with van der Waals surface area (Å²) in [5.74, 6) is -1.10. The average Bonchev–Trinajstić information content (AvgIpc) is 3.40. The first-order chi connectivity index (χ1) is 15.3. The standard InChI is InChI=1S/C21H23N5O4S2/c22-18(27)17-13-5-1-2-6-16(13)32-20(17)24-21(31)23-19(28)12-7-8-14(15(11-12)26(29)30)25-9-3-4-10-25/h7-8,11H,1-6,9-10H2,(H2,22,27)(H2,23,24,28,31). The van der Waals surface area contributed by atoms with Gasteiger partial charge >= 0.3 is 0 Å². The molecule has 32 heavy (non-hydrogen) atoms. The molecule has 1 saturated heterocycles. The van der Waals surface area contributed by atoms with E-state index in [2.05, 4.69) is 10.6 Å². The fraction of sp³-hybridized carbons (Fsp3) is 0.381. The Morgan fingerprint density at radius 1 is 1.16 bits per heavy atom. The minimum Gasteiger partial charge on any atom is -0.366 e. The fourth-order valence-corrected chi connectivity index (χ4v) is 5.82. The largest absolute Gasteiger partial charge is 0.366 e. The highest BCUT2D eigenvalue weighted by atomic mass is 32.1. The lowest BCUT2D eigenvalue weighted by Gasteiger charge is -2.18. The molecular weight excluding hydrogens is 450 g/mol. The number of aryl methyl sites for hydroxylation is 1. The second kappa shape index (κ2) is 9.21. The van der Waals surface area contributed by atoms with E-state index in [1.165, 1.54) is 17.4 Å². The summed E-state index contributed by atoms with van der Waals surface area (Å²) >= 11 is 6.68. The number of primary amides is 1. The molecule has 4 rings (SSSR count). The molecular formula is C21H23N5O4S2. The Morgan fingerprint density at radius 3 is 2.56 bits per heavy atom. The molecule has 0 bridgehead atoms. The van der Waals surface area contributed by atoms with E-state index >= 15 is 0 Å². The van der Waals surface area contributed by atoms with Crippen LogP contribution in [-0.2, 0) is 12.8 Å². The molecule has 168 valence electrons. The smallest absolute Gasteiger partial charge is 0.293 e.